The number of nitrogens with one attached hydrogen (secondary N) is 4. The van der Waals surface area contributed by atoms with Gasteiger partial charge >= 0.3 is 12.0 Å². The van der Waals surface area contributed by atoms with Crippen molar-refractivity contribution in [3.05, 3.63) is 59.7 Å². The molecule has 4 amide bonds. The number of hydrogen-bond donors (Lipinski definition) is 4. The Morgan fingerprint density at radius 2 is 1.59 bits per heavy atom. The standard InChI is InChI=1S/C20H22N4O5/c1-13-4-3-5-16(10-13)24-20(28)22-11-17(25)23-15-8-6-14(7-9-15)19(27)21-12-18(26)29-2/h3-10H,11-12H2,1-2H3,(H,21,27)(H,23,25)(H2,22,24,28). The third kappa shape index (κ3) is 7.33. The molecule has 0 atom stereocenters. The average molecular weight is 398 g/mol. The molecule has 0 aromatic heterocycles. The van der Waals surface area contributed by atoms with Crippen molar-refractivity contribution in [3.63, 3.8) is 0 Å². The number of rotatable bonds is 7. The van der Waals surface area contributed by atoms with Crippen LogP contribution in [0.3, 0.4) is 0 Å². The summed E-state index contributed by atoms with van der Waals surface area (Å²) in [6.45, 7) is 1.45. The van der Waals surface area contributed by atoms with E-state index < -0.39 is 23.8 Å². The maximum atomic E-state index is 12.0. The van der Waals surface area contributed by atoms with Gasteiger partial charge in [0.1, 0.15) is 6.54 Å². The van der Waals surface area contributed by atoms with E-state index in [2.05, 4.69) is 26.0 Å². The van der Waals surface area contributed by atoms with Crippen molar-refractivity contribution in [2.24, 2.45) is 0 Å². The zero-order valence-electron chi connectivity index (χ0n) is 16.1. The highest BCUT2D eigenvalue weighted by Gasteiger charge is 2.09. The predicted octanol–water partition coefficient (Wildman–Crippen LogP) is 1.66. The second-order valence-electron chi connectivity index (χ2n) is 6.06. The lowest BCUT2D eigenvalue weighted by molar-refractivity contribution is -0.139. The smallest absolute Gasteiger partial charge is 0.325 e. The van der Waals surface area contributed by atoms with Crippen molar-refractivity contribution in [1.29, 1.82) is 0 Å². The van der Waals surface area contributed by atoms with Crippen LogP contribution in [0, 0.1) is 6.92 Å². The molecule has 2 aromatic carbocycles. The van der Waals surface area contributed by atoms with Crippen molar-refractivity contribution in [2.75, 3.05) is 30.8 Å². The number of aryl methyl sites for hydroxylation is 1. The van der Waals surface area contributed by atoms with Crippen molar-refractivity contribution >= 4 is 35.2 Å². The highest BCUT2D eigenvalue weighted by molar-refractivity contribution is 5.98. The third-order valence-electron chi connectivity index (χ3n) is 3.74. The number of esters is 1. The molecule has 4 N–H and O–H groups in total. The molecule has 0 aliphatic heterocycles. The number of amides is 4. The van der Waals surface area contributed by atoms with Crippen molar-refractivity contribution in [2.45, 2.75) is 6.92 Å². The minimum absolute atomic E-state index is 0.223. The van der Waals surface area contributed by atoms with Crippen LogP contribution in [-0.2, 0) is 14.3 Å². The van der Waals surface area contributed by atoms with E-state index in [0.29, 0.717) is 16.9 Å². The first-order valence-corrected chi connectivity index (χ1v) is 8.74. The average Bonchev–Trinajstić information content (AvgIpc) is 2.70. The molecule has 0 spiro atoms. The lowest BCUT2D eigenvalue weighted by Gasteiger charge is -2.09. The summed E-state index contributed by atoms with van der Waals surface area (Å²) in [7, 11) is 1.23. The van der Waals surface area contributed by atoms with Gasteiger partial charge in [-0.15, -0.1) is 0 Å². The van der Waals surface area contributed by atoms with Gasteiger partial charge in [0.15, 0.2) is 0 Å². The van der Waals surface area contributed by atoms with Crippen molar-refractivity contribution in [3.8, 4) is 0 Å². The van der Waals surface area contributed by atoms with Gasteiger partial charge in [-0.05, 0) is 48.9 Å². The predicted molar refractivity (Wildman–Crippen MR) is 108 cm³/mol. The number of methoxy groups -OCH3 is 1. The summed E-state index contributed by atoms with van der Waals surface area (Å²) in [6, 6.07) is 12.9. The maximum Gasteiger partial charge on any atom is 0.325 e. The first kappa shape index (κ1) is 21.4. The summed E-state index contributed by atoms with van der Waals surface area (Å²) < 4.78 is 4.44. The molecule has 0 aliphatic carbocycles. The maximum absolute atomic E-state index is 12.0. The van der Waals surface area contributed by atoms with Gasteiger partial charge in [0, 0.05) is 16.9 Å². The molecule has 2 rings (SSSR count). The number of anilines is 2. The van der Waals surface area contributed by atoms with Gasteiger partial charge in [-0.1, -0.05) is 12.1 Å². The minimum atomic E-state index is -0.554. The normalized spacial score (nSPS) is 9.86. The minimum Gasteiger partial charge on any atom is -0.468 e. The van der Waals surface area contributed by atoms with Crippen LogP contribution in [0.2, 0.25) is 0 Å². The fourth-order valence-electron chi connectivity index (χ4n) is 2.30. The highest BCUT2D eigenvalue weighted by Crippen LogP contribution is 2.10. The Bertz CT molecular complexity index is 896. The van der Waals surface area contributed by atoms with Crippen LogP contribution in [0.25, 0.3) is 0 Å². The molecule has 0 aliphatic rings. The molecule has 2 aromatic rings. The van der Waals surface area contributed by atoms with Crippen molar-refractivity contribution < 1.29 is 23.9 Å². The number of ether oxygens (including phenoxy) is 1. The largest absolute Gasteiger partial charge is 0.468 e. The van der Waals surface area contributed by atoms with Gasteiger partial charge in [0.25, 0.3) is 5.91 Å². The molecule has 29 heavy (non-hydrogen) atoms. The van der Waals surface area contributed by atoms with Crippen LogP contribution in [0.4, 0.5) is 16.2 Å². The Hall–Kier alpha value is -3.88. The molecule has 152 valence electrons. The Morgan fingerprint density at radius 1 is 0.862 bits per heavy atom. The lowest BCUT2D eigenvalue weighted by atomic mass is 10.2. The SMILES string of the molecule is COC(=O)CNC(=O)c1ccc(NC(=O)CNC(=O)Nc2cccc(C)c2)cc1. The molecule has 9 heteroatoms. The van der Waals surface area contributed by atoms with Gasteiger partial charge < -0.3 is 26.0 Å². The fourth-order valence-corrected chi connectivity index (χ4v) is 2.30. The molecule has 0 saturated heterocycles. The van der Waals surface area contributed by atoms with E-state index in [0.717, 1.165) is 5.56 Å². The quantitative estimate of drug-likeness (QED) is 0.528. The van der Waals surface area contributed by atoms with E-state index in [1.807, 2.05) is 25.1 Å². The summed E-state index contributed by atoms with van der Waals surface area (Å²) in [5.74, 6) is -1.42. The molecule has 0 unspecified atom stereocenters. The number of benzene rings is 2. The summed E-state index contributed by atoms with van der Waals surface area (Å²) in [5.41, 5.74) is 2.41. The molecule has 0 heterocycles. The van der Waals surface area contributed by atoms with E-state index in [9.17, 15) is 19.2 Å². The van der Waals surface area contributed by atoms with Gasteiger partial charge in [0.05, 0.1) is 13.7 Å². The second kappa shape index (κ2) is 10.5. The first-order chi connectivity index (χ1) is 13.9. The second-order valence-corrected chi connectivity index (χ2v) is 6.06. The summed E-state index contributed by atoms with van der Waals surface area (Å²) in [5, 5.41) is 10.1. The van der Waals surface area contributed by atoms with Crippen LogP contribution in [-0.4, -0.2) is 44.0 Å². The van der Waals surface area contributed by atoms with Crippen LogP contribution in [0.1, 0.15) is 15.9 Å². The van der Waals surface area contributed by atoms with E-state index >= 15 is 0 Å². The molecule has 9 nitrogen and oxygen atoms in total. The van der Waals surface area contributed by atoms with E-state index in [1.54, 1.807) is 6.07 Å². The van der Waals surface area contributed by atoms with Crippen LogP contribution >= 0.6 is 0 Å². The lowest BCUT2D eigenvalue weighted by Crippen LogP contribution is -2.35. The Kier molecular flexibility index (Phi) is 7.72. The van der Waals surface area contributed by atoms with Gasteiger partial charge in [0.2, 0.25) is 5.91 Å². The molecule has 0 saturated carbocycles. The number of carbonyl (C=O) groups is 4. The summed E-state index contributed by atoms with van der Waals surface area (Å²) in [4.78, 5) is 46.7. The first-order valence-electron chi connectivity index (χ1n) is 8.74. The van der Waals surface area contributed by atoms with Gasteiger partial charge in [-0.3, -0.25) is 14.4 Å². The zero-order valence-corrected chi connectivity index (χ0v) is 16.1. The molecule has 0 bridgehead atoms. The topological polar surface area (TPSA) is 126 Å². The summed E-state index contributed by atoms with van der Waals surface area (Å²) in [6.07, 6.45) is 0. The highest BCUT2D eigenvalue weighted by atomic mass is 16.5. The van der Waals surface area contributed by atoms with E-state index in [4.69, 9.17) is 0 Å². The van der Waals surface area contributed by atoms with Crippen molar-refractivity contribution in [1.82, 2.24) is 10.6 Å². The van der Waals surface area contributed by atoms with E-state index in [-0.39, 0.29) is 13.1 Å². The molecule has 0 radical (unpaired) electrons. The summed E-state index contributed by atoms with van der Waals surface area (Å²) >= 11 is 0. The van der Waals surface area contributed by atoms with Gasteiger partial charge in [-0.2, -0.15) is 0 Å². The number of carbonyl (C=O) groups excluding carboxylic acids is 4. The zero-order chi connectivity index (χ0) is 21.2. The Labute approximate surface area is 167 Å². The van der Waals surface area contributed by atoms with E-state index in [1.165, 1.54) is 31.4 Å². The fraction of sp³-hybridized carbons (Fsp3) is 0.200. The Morgan fingerprint density at radius 3 is 2.24 bits per heavy atom. The molecular weight excluding hydrogens is 376 g/mol. The van der Waals surface area contributed by atoms with Crippen LogP contribution < -0.4 is 21.3 Å². The monoisotopic (exact) mass is 398 g/mol. The van der Waals surface area contributed by atoms with Gasteiger partial charge in [-0.25, -0.2) is 4.79 Å². The van der Waals surface area contributed by atoms with Crippen LogP contribution in [0.15, 0.2) is 48.5 Å². The van der Waals surface area contributed by atoms with Crippen LogP contribution in [0.5, 0.6) is 0 Å². The molecular formula is C20H22N4O5. The molecule has 0 fully saturated rings. The number of hydrogen-bond acceptors (Lipinski definition) is 5. The number of urea groups is 1. The third-order valence-corrected chi connectivity index (χ3v) is 3.74. The Balaban J connectivity index is 1.77.